The molecule has 0 bridgehead atoms. The lowest BCUT2D eigenvalue weighted by molar-refractivity contribution is -0.123. The van der Waals surface area contributed by atoms with Crippen molar-refractivity contribution >= 4 is 5.91 Å². The summed E-state index contributed by atoms with van der Waals surface area (Å²) in [6.45, 7) is 4.22. The van der Waals surface area contributed by atoms with E-state index in [2.05, 4.69) is 79.9 Å². The number of carbonyl (C=O) groups excluding carboxylic acids is 1. The van der Waals surface area contributed by atoms with Gasteiger partial charge in [0, 0.05) is 6.42 Å². The zero-order valence-corrected chi connectivity index (χ0v) is 49.9. The number of unbranched alkanes of at least 4 members (excludes halogenated alkanes) is 44. The lowest BCUT2D eigenvalue weighted by Crippen LogP contribution is -2.45. The topological polar surface area (TPSA) is 69.6 Å². The predicted molar refractivity (Wildman–Crippen MR) is 331 cm³/mol. The molecule has 0 radical (unpaired) electrons. The van der Waals surface area contributed by atoms with Gasteiger partial charge in [-0.1, -0.05) is 344 Å². The van der Waals surface area contributed by atoms with E-state index in [9.17, 15) is 15.0 Å². The van der Waals surface area contributed by atoms with Crippen LogP contribution in [0.1, 0.15) is 348 Å². The van der Waals surface area contributed by atoms with Gasteiger partial charge in [-0.3, -0.25) is 4.79 Å². The molecule has 0 aromatic carbocycles. The third-order valence-electron chi connectivity index (χ3n) is 15.2. The monoisotopic (exact) mass is 1030 g/mol. The van der Waals surface area contributed by atoms with Crippen LogP contribution in [-0.4, -0.2) is 34.9 Å². The highest BCUT2D eigenvalue weighted by atomic mass is 16.3. The van der Waals surface area contributed by atoms with Crippen molar-refractivity contribution in [3.63, 3.8) is 0 Å². The molecule has 0 aromatic heterocycles. The number of amides is 1. The maximum absolute atomic E-state index is 12.5. The number of carbonyl (C=O) groups is 1. The molecule has 0 aliphatic carbocycles. The van der Waals surface area contributed by atoms with Crippen LogP contribution in [0.4, 0.5) is 0 Å². The Bertz CT molecular complexity index is 1260. The quantitative estimate of drug-likeness (QED) is 0.0420. The largest absolute Gasteiger partial charge is 0.394 e. The van der Waals surface area contributed by atoms with E-state index in [0.29, 0.717) is 6.42 Å². The molecule has 2 atom stereocenters. The van der Waals surface area contributed by atoms with Crippen LogP contribution in [0.5, 0.6) is 0 Å². The molecule has 4 nitrogen and oxygen atoms in total. The Labute approximate surface area is 463 Å². The van der Waals surface area contributed by atoms with Gasteiger partial charge in [0.2, 0.25) is 5.91 Å². The van der Waals surface area contributed by atoms with Crippen LogP contribution in [0.15, 0.2) is 72.9 Å². The standard InChI is InChI=1S/C70H129NO3/c1-3-5-7-9-11-13-15-17-19-21-23-25-27-29-31-33-34-35-36-38-40-42-44-46-48-50-52-54-56-58-60-62-64-66-70(74)71-68(67-72)69(73)65-63-61-59-57-55-53-51-49-47-45-43-41-39-37-32-30-28-26-24-22-20-18-16-14-12-10-8-6-4-2/h5,7,11,13,17,19,23,25,55,57,63,65,68-69,72-73H,3-4,6,8-10,12,14-16,18,20-22,24,26-54,56,58-62,64,66-67H2,1-2H3,(H,71,74)/b7-5-,13-11-,19-17-,25-23-,57-55+,65-63+. The molecule has 0 heterocycles. The number of hydrogen-bond donors (Lipinski definition) is 3. The van der Waals surface area contributed by atoms with Gasteiger partial charge in [0.05, 0.1) is 18.8 Å². The van der Waals surface area contributed by atoms with Crippen molar-refractivity contribution in [1.82, 2.24) is 5.32 Å². The van der Waals surface area contributed by atoms with E-state index in [1.165, 1.54) is 270 Å². The first-order valence-electron chi connectivity index (χ1n) is 33.2. The third kappa shape index (κ3) is 60.7. The van der Waals surface area contributed by atoms with Crippen LogP contribution in [0.3, 0.4) is 0 Å². The van der Waals surface area contributed by atoms with Crippen molar-refractivity contribution in [2.24, 2.45) is 0 Å². The Morgan fingerprint density at radius 2 is 0.608 bits per heavy atom. The lowest BCUT2D eigenvalue weighted by Gasteiger charge is -2.19. The number of allylic oxidation sites excluding steroid dienone is 11. The fraction of sp³-hybridized carbons (Fsp3) is 0.814. The Kier molecular flexibility index (Phi) is 63.2. The fourth-order valence-electron chi connectivity index (χ4n) is 10.2. The highest BCUT2D eigenvalue weighted by Crippen LogP contribution is 2.18. The summed E-state index contributed by atoms with van der Waals surface area (Å²) in [6, 6.07) is -0.642. The Morgan fingerprint density at radius 1 is 0.338 bits per heavy atom. The van der Waals surface area contributed by atoms with E-state index >= 15 is 0 Å². The summed E-state index contributed by atoms with van der Waals surface area (Å²) < 4.78 is 0. The molecule has 0 rings (SSSR count). The first-order chi connectivity index (χ1) is 36.7. The summed E-state index contributed by atoms with van der Waals surface area (Å²) in [4.78, 5) is 12.5. The molecule has 0 spiro atoms. The third-order valence-corrected chi connectivity index (χ3v) is 15.2. The molecule has 0 aromatic rings. The van der Waals surface area contributed by atoms with Crippen molar-refractivity contribution in [1.29, 1.82) is 0 Å². The van der Waals surface area contributed by atoms with Gasteiger partial charge >= 0.3 is 0 Å². The number of rotatable bonds is 61. The molecule has 2 unspecified atom stereocenters. The van der Waals surface area contributed by atoms with Gasteiger partial charge in [-0.05, 0) is 70.6 Å². The van der Waals surface area contributed by atoms with E-state index in [0.717, 1.165) is 57.8 Å². The number of hydrogen-bond acceptors (Lipinski definition) is 3. The number of aliphatic hydroxyl groups is 2. The average Bonchev–Trinajstić information content (AvgIpc) is 3.40. The molecule has 0 aliphatic rings. The second kappa shape index (κ2) is 65.1. The van der Waals surface area contributed by atoms with Gasteiger partial charge < -0.3 is 15.5 Å². The zero-order valence-electron chi connectivity index (χ0n) is 49.9. The van der Waals surface area contributed by atoms with Gasteiger partial charge in [-0.2, -0.15) is 0 Å². The molecule has 0 saturated carbocycles. The molecule has 432 valence electrons. The second-order valence-electron chi connectivity index (χ2n) is 22.5. The van der Waals surface area contributed by atoms with Crippen molar-refractivity contribution in [2.45, 2.75) is 360 Å². The smallest absolute Gasteiger partial charge is 0.220 e. The van der Waals surface area contributed by atoms with E-state index in [1.807, 2.05) is 6.08 Å². The van der Waals surface area contributed by atoms with Crippen LogP contribution < -0.4 is 5.32 Å². The molecule has 0 aliphatic heterocycles. The minimum atomic E-state index is -0.865. The summed E-state index contributed by atoms with van der Waals surface area (Å²) in [5, 5.41) is 23.2. The number of aliphatic hydroxyl groups excluding tert-OH is 2. The summed E-state index contributed by atoms with van der Waals surface area (Å²) in [5.41, 5.74) is 0. The van der Waals surface area contributed by atoms with Gasteiger partial charge in [0.15, 0.2) is 0 Å². The van der Waals surface area contributed by atoms with E-state index in [4.69, 9.17) is 0 Å². The highest BCUT2D eigenvalue weighted by Gasteiger charge is 2.18. The van der Waals surface area contributed by atoms with Gasteiger partial charge in [-0.25, -0.2) is 0 Å². The minimum Gasteiger partial charge on any atom is -0.394 e. The molecular weight excluding hydrogens is 903 g/mol. The first-order valence-corrected chi connectivity index (χ1v) is 33.2. The summed E-state index contributed by atoms with van der Waals surface area (Å²) in [5.74, 6) is -0.0691. The van der Waals surface area contributed by atoms with E-state index in [1.54, 1.807) is 6.08 Å². The van der Waals surface area contributed by atoms with Crippen LogP contribution in [0, 0.1) is 0 Å². The van der Waals surface area contributed by atoms with E-state index < -0.39 is 12.1 Å². The average molecular weight is 1030 g/mol. The molecule has 0 saturated heterocycles. The molecular formula is C70H129NO3. The summed E-state index contributed by atoms with van der Waals surface area (Å²) >= 11 is 0. The Morgan fingerprint density at radius 3 is 0.946 bits per heavy atom. The van der Waals surface area contributed by atoms with Crippen LogP contribution in [0.25, 0.3) is 0 Å². The van der Waals surface area contributed by atoms with Crippen LogP contribution in [-0.2, 0) is 4.79 Å². The molecule has 3 N–H and O–H groups in total. The normalized spacial score (nSPS) is 13.2. The fourth-order valence-corrected chi connectivity index (χ4v) is 10.2. The maximum Gasteiger partial charge on any atom is 0.220 e. The predicted octanol–water partition coefficient (Wildman–Crippen LogP) is 22.5. The molecule has 1 amide bonds. The zero-order chi connectivity index (χ0) is 53.4. The summed E-state index contributed by atoms with van der Waals surface area (Å²) in [7, 11) is 0. The van der Waals surface area contributed by atoms with Crippen LogP contribution >= 0.6 is 0 Å². The van der Waals surface area contributed by atoms with Crippen molar-refractivity contribution in [3.8, 4) is 0 Å². The van der Waals surface area contributed by atoms with Gasteiger partial charge in [0.1, 0.15) is 0 Å². The molecule has 4 heteroatoms. The molecule has 74 heavy (non-hydrogen) atoms. The second-order valence-corrected chi connectivity index (χ2v) is 22.5. The Balaban J connectivity index is 3.47. The minimum absolute atomic E-state index is 0.0691. The van der Waals surface area contributed by atoms with Crippen molar-refractivity contribution in [2.75, 3.05) is 6.61 Å². The Hall–Kier alpha value is -2.17. The number of nitrogens with one attached hydrogen (secondary N) is 1. The van der Waals surface area contributed by atoms with Crippen LogP contribution in [0.2, 0.25) is 0 Å². The van der Waals surface area contributed by atoms with Gasteiger partial charge in [0.25, 0.3) is 0 Å². The summed E-state index contributed by atoms with van der Waals surface area (Å²) in [6.07, 6.45) is 94.1. The SMILES string of the molecule is CC/C=C\C/C=C\C/C=C\C/C=C\CCCCCCCCCCCCCCCCCCCCCCC(=O)NC(CO)C(O)/C=C/CC/C=C/CCCCCCCCCCCCCCCCCCCCCCCCC. The van der Waals surface area contributed by atoms with E-state index in [-0.39, 0.29) is 12.5 Å². The van der Waals surface area contributed by atoms with Crippen molar-refractivity contribution in [3.05, 3.63) is 72.9 Å². The highest BCUT2D eigenvalue weighted by molar-refractivity contribution is 5.76. The van der Waals surface area contributed by atoms with Gasteiger partial charge in [-0.15, -0.1) is 0 Å². The maximum atomic E-state index is 12.5. The van der Waals surface area contributed by atoms with Crippen molar-refractivity contribution < 1.29 is 15.0 Å². The molecule has 0 fully saturated rings. The lowest BCUT2D eigenvalue weighted by atomic mass is 10.0. The first kappa shape index (κ1) is 71.8.